The summed E-state index contributed by atoms with van der Waals surface area (Å²) in [5, 5.41) is 11.9. The third kappa shape index (κ3) is 5.27. The van der Waals surface area contributed by atoms with E-state index in [1.54, 1.807) is 0 Å². The average molecular weight is 420 g/mol. The van der Waals surface area contributed by atoms with Gasteiger partial charge in [0, 0.05) is 13.1 Å². The zero-order valence-electron chi connectivity index (χ0n) is 16.6. The Labute approximate surface area is 173 Å². The van der Waals surface area contributed by atoms with Gasteiger partial charge >= 0.3 is 5.97 Å². The van der Waals surface area contributed by atoms with E-state index in [2.05, 4.69) is 38.1 Å². The summed E-state index contributed by atoms with van der Waals surface area (Å²) in [7, 11) is 1.28. The van der Waals surface area contributed by atoms with E-state index < -0.39 is 5.97 Å². The number of aromatic nitrogens is 3. The second-order valence-electron chi connectivity index (χ2n) is 6.34. The molecule has 0 radical (unpaired) electrons. The molecule has 0 saturated carbocycles. The number of carbonyl (C=O) groups excluding carboxylic acids is 2. The van der Waals surface area contributed by atoms with Crippen LogP contribution in [-0.2, 0) is 25.5 Å². The number of anilines is 1. The molecule has 1 aliphatic rings. The van der Waals surface area contributed by atoms with Crippen molar-refractivity contribution in [2.24, 2.45) is 0 Å². The monoisotopic (exact) mass is 419 g/mol. The molecule has 0 spiro atoms. The Morgan fingerprint density at radius 3 is 2.72 bits per heavy atom. The molecular weight excluding hydrogens is 394 g/mol. The van der Waals surface area contributed by atoms with Gasteiger partial charge in [0.1, 0.15) is 6.54 Å². The standard InChI is InChI=1S/C19H25N5O4S/c1-3-14-6-4-5-7-15(14)24-18(23-8-10-28-11-9-23)21-22-19(24)29-13-16(25)20-12-17(26)27-2/h4-7H,3,8-13H2,1-2H3,(H,20,25). The molecule has 1 N–H and O–H groups in total. The first kappa shape index (κ1) is 21.1. The molecular formula is C19H25N5O4S. The first-order chi connectivity index (χ1) is 14.1. The van der Waals surface area contributed by atoms with Gasteiger partial charge in [-0.1, -0.05) is 36.9 Å². The SMILES string of the molecule is CCc1ccccc1-n1c(SCC(=O)NCC(=O)OC)nnc1N1CCOCC1. The summed E-state index contributed by atoms with van der Waals surface area (Å²) in [5.41, 5.74) is 2.16. The van der Waals surface area contributed by atoms with Crippen molar-refractivity contribution in [3.8, 4) is 5.69 Å². The van der Waals surface area contributed by atoms with Crippen LogP contribution in [0.25, 0.3) is 5.69 Å². The minimum Gasteiger partial charge on any atom is -0.468 e. The molecule has 2 heterocycles. The Bertz CT molecular complexity index is 851. The molecule has 1 fully saturated rings. The Hall–Kier alpha value is -2.59. The second-order valence-corrected chi connectivity index (χ2v) is 7.28. The van der Waals surface area contributed by atoms with Gasteiger partial charge in [-0.05, 0) is 18.1 Å². The number of amides is 1. The van der Waals surface area contributed by atoms with Crippen LogP contribution in [-0.4, -0.2) is 72.4 Å². The van der Waals surface area contributed by atoms with E-state index in [1.807, 2.05) is 22.8 Å². The molecule has 156 valence electrons. The molecule has 1 saturated heterocycles. The zero-order valence-corrected chi connectivity index (χ0v) is 17.4. The molecule has 10 heteroatoms. The van der Waals surface area contributed by atoms with Gasteiger partial charge < -0.3 is 19.7 Å². The van der Waals surface area contributed by atoms with E-state index in [1.165, 1.54) is 24.4 Å². The van der Waals surface area contributed by atoms with Crippen LogP contribution >= 0.6 is 11.8 Å². The minimum absolute atomic E-state index is 0.118. The lowest BCUT2D eigenvalue weighted by atomic mass is 10.1. The Balaban J connectivity index is 1.84. The van der Waals surface area contributed by atoms with Crippen LogP contribution in [0.4, 0.5) is 5.95 Å². The summed E-state index contributed by atoms with van der Waals surface area (Å²) in [5.74, 6) is 0.100. The first-order valence-corrected chi connectivity index (χ1v) is 10.4. The maximum absolute atomic E-state index is 12.1. The number of hydrogen-bond donors (Lipinski definition) is 1. The smallest absolute Gasteiger partial charge is 0.325 e. The van der Waals surface area contributed by atoms with Gasteiger partial charge in [0.15, 0.2) is 5.16 Å². The predicted molar refractivity (Wildman–Crippen MR) is 110 cm³/mol. The molecule has 1 aliphatic heterocycles. The van der Waals surface area contributed by atoms with Gasteiger partial charge in [0.2, 0.25) is 11.9 Å². The van der Waals surface area contributed by atoms with Crippen LogP contribution in [0.15, 0.2) is 29.4 Å². The maximum Gasteiger partial charge on any atom is 0.325 e. The lowest BCUT2D eigenvalue weighted by Gasteiger charge is -2.28. The van der Waals surface area contributed by atoms with E-state index >= 15 is 0 Å². The van der Waals surface area contributed by atoms with Crippen molar-refractivity contribution in [1.82, 2.24) is 20.1 Å². The van der Waals surface area contributed by atoms with Crippen molar-refractivity contribution < 1.29 is 19.1 Å². The summed E-state index contributed by atoms with van der Waals surface area (Å²) in [6.45, 7) is 4.69. The summed E-state index contributed by atoms with van der Waals surface area (Å²) in [6, 6.07) is 8.10. The molecule has 0 unspecified atom stereocenters. The van der Waals surface area contributed by atoms with Gasteiger partial charge in [0.25, 0.3) is 0 Å². The fourth-order valence-corrected chi connectivity index (χ4v) is 3.76. The third-order valence-corrected chi connectivity index (χ3v) is 5.44. The van der Waals surface area contributed by atoms with Crippen molar-refractivity contribution in [2.45, 2.75) is 18.5 Å². The van der Waals surface area contributed by atoms with Crippen LogP contribution in [0, 0.1) is 0 Å². The van der Waals surface area contributed by atoms with Crippen molar-refractivity contribution in [3.63, 3.8) is 0 Å². The van der Waals surface area contributed by atoms with Crippen molar-refractivity contribution >= 4 is 29.6 Å². The van der Waals surface area contributed by atoms with Gasteiger partial charge in [-0.15, -0.1) is 10.2 Å². The first-order valence-electron chi connectivity index (χ1n) is 9.46. The molecule has 1 aromatic heterocycles. The Morgan fingerprint density at radius 2 is 2.00 bits per heavy atom. The van der Waals surface area contributed by atoms with Gasteiger partial charge in [0.05, 0.1) is 31.8 Å². The summed E-state index contributed by atoms with van der Waals surface area (Å²) >= 11 is 1.28. The van der Waals surface area contributed by atoms with Crippen molar-refractivity contribution in [1.29, 1.82) is 0 Å². The van der Waals surface area contributed by atoms with E-state index in [0.717, 1.165) is 31.1 Å². The molecule has 9 nitrogen and oxygen atoms in total. The number of methoxy groups -OCH3 is 1. The number of carbonyl (C=O) groups is 2. The molecule has 0 atom stereocenters. The van der Waals surface area contributed by atoms with Crippen molar-refractivity contribution in [2.75, 3.05) is 50.6 Å². The highest BCUT2D eigenvalue weighted by atomic mass is 32.2. The molecule has 29 heavy (non-hydrogen) atoms. The topological polar surface area (TPSA) is 98.6 Å². The Morgan fingerprint density at radius 1 is 1.24 bits per heavy atom. The largest absolute Gasteiger partial charge is 0.468 e. The van der Waals surface area contributed by atoms with Crippen LogP contribution in [0.2, 0.25) is 0 Å². The van der Waals surface area contributed by atoms with E-state index in [0.29, 0.717) is 18.4 Å². The highest BCUT2D eigenvalue weighted by molar-refractivity contribution is 7.99. The number of para-hydroxylation sites is 1. The molecule has 3 rings (SSSR count). The fourth-order valence-electron chi connectivity index (χ4n) is 2.99. The van der Waals surface area contributed by atoms with Gasteiger partial charge in [-0.3, -0.25) is 14.2 Å². The number of hydrogen-bond acceptors (Lipinski definition) is 8. The quantitative estimate of drug-likeness (QED) is 0.501. The molecule has 0 bridgehead atoms. The van der Waals surface area contributed by atoms with Gasteiger partial charge in [-0.25, -0.2) is 0 Å². The van der Waals surface area contributed by atoms with Crippen molar-refractivity contribution in [3.05, 3.63) is 29.8 Å². The molecule has 1 amide bonds. The zero-order chi connectivity index (χ0) is 20.6. The Kier molecular flexibility index (Phi) is 7.48. The minimum atomic E-state index is -0.488. The average Bonchev–Trinajstić information content (AvgIpc) is 3.20. The summed E-state index contributed by atoms with van der Waals surface area (Å²) in [6.07, 6.45) is 0.862. The predicted octanol–water partition coefficient (Wildman–Crippen LogP) is 1.05. The number of morpholine rings is 1. The number of ether oxygens (including phenoxy) is 2. The number of esters is 1. The second kappa shape index (κ2) is 10.3. The van der Waals surface area contributed by atoms with Crippen LogP contribution in [0.5, 0.6) is 0 Å². The van der Waals surface area contributed by atoms with Gasteiger partial charge in [-0.2, -0.15) is 0 Å². The molecule has 0 aliphatic carbocycles. The van der Waals surface area contributed by atoms with E-state index in [9.17, 15) is 9.59 Å². The lowest BCUT2D eigenvalue weighted by Crippen LogP contribution is -2.38. The number of benzene rings is 1. The van der Waals surface area contributed by atoms with E-state index in [4.69, 9.17) is 4.74 Å². The summed E-state index contributed by atoms with van der Waals surface area (Å²) in [4.78, 5) is 25.4. The number of rotatable bonds is 8. The fraction of sp³-hybridized carbons (Fsp3) is 0.474. The number of aryl methyl sites for hydroxylation is 1. The molecule has 2 aromatic rings. The number of thioether (sulfide) groups is 1. The normalized spacial score (nSPS) is 13.9. The number of nitrogens with one attached hydrogen (secondary N) is 1. The van der Waals surface area contributed by atoms with Crippen LogP contribution in [0.3, 0.4) is 0 Å². The van der Waals surface area contributed by atoms with Crippen LogP contribution < -0.4 is 10.2 Å². The number of nitrogens with zero attached hydrogens (tertiary/aromatic N) is 4. The third-order valence-electron chi connectivity index (χ3n) is 4.51. The lowest BCUT2D eigenvalue weighted by molar-refractivity contribution is -0.140. The van der Waals surface area contributed by atoms with E-state index in [-0.39, 0.29) is 18.2 Å². The van der Waals surface area contributed by atoms with Crippen LogP contribution in [0.1, 0.15) is 12.5 Å². The highest BCUT2D eigenvalue weighted by Gasteiger charge is 2.23. The molecule has 1 aromatic carbocycles. The maximum atomic E-state index is 12.1. The summed E-state index contributed by atoms with van der Waals surface area (Å²) < 4.78 is 12.0. The highest BCUT2D eigenvalue weighted by Crippen LogP contribution is 2.29.